The number of amides is 1. The first kappa shape index (κ1) is 23.3. The highest BCUT2D eigenvalue weighted by molar-refractivity contribution is 7.99. The third kappa shape index (κ3) is 4.58. The minimum atomic E-state index is -0.366. The monoisotopic (exact) mass is 494 g/mol. The Kier molecular flexibility index (Phi) is 6.51. The van der Waals surface area contributed by atoms with Gasteiger partial charge < -0.3 is 5.11 Å². The molecule has 178 valence electrons. The van der Waals surface area contributed by atoms with Crippen molar-refractivity contribution in [2.24, 2.45) is 5.10 Å². The Labute approximate surface area is 211 Å². The van der Waals surface area contributed by atoms with Gasteiger partial charge in [-0.2, -0.15) is 5.10 Å². The van der Waals surface area contributed by atoms with E-state index in [0.29, 0.717) is 27.3 Å². The quantitative estimate of drug-likeness (QED) is 0.153. The summed E-state index contributed by atoms with van der Waals surface area (Å²) in [6.45, 7) is 1.93. The number of carbonyl (C=O) groups is 1. The maximum Gasteiger partial charge on any atom is 0.266 e. The average molecular weight is 495 g/mol. The van der Waals surface area contributed by atoms with Gasteiger partial charge >= 0.3 is 0 Å². The number of thioether (sulfide) groups is 1. The van der Waals surface area contributed by atoms with Crippen molar-refractivity contribution in [3.63, 3.8) is 0 Å². The van der Waals surface area contributed by atoms with E-state index in [2.05, 4.69) is 15.5 Å². The molecule has 1 amide bonds. The van der Waals surface area contributed by atoms with Gasteiger partial charge in [-0.1, -0.05) is 72.4 Å². The molecule has 0 saturated carbocycles. The highest BCUT2D eigenvalue weighted by Gasteiger charge is 2.16. The van der Waals surface area contributed by atoms with Gasteiger partial charge in [0.15, 0.2) is 5.16 Å². The van der Waals surface area contributed by atoms with E-state index < -0.39 is 0 Å². The topological polar surface area (TPSA) is 96.6 Å². The number of aromatic nitrogens is 2. The summed E-state index contributed by atoms with van der Waals surface area (Å²) in [5, 5.41) is 17.0. The van der Waals surface area contributed by atoms with Crippen LogP contribution in [0.4, 0.5) is 0 Å². The largest absolute Gasteiger partial charge is 0.507 e. The van der Waals surface area contributed by atoms with Crippen molar-refractivity contribution in [3.8, 4) is 11.4 Å². The minimum Gasteiger partial charge on any atom is -0.507 e. The zero-order valence-electron chi connectivity index (χ0n) is 19.4. The molecule has 0 atom stereocenters. The maximum absolute atomic E-state index is 13.4. The first-order valence-corrected chi connectivity index (χ1v) is 12.2. The van der Waals surface area contributed by atoms with Crippen molar-refractivity contribution >= 4 is 45.6 Å². The fourth-order valence-corrected chi connectivity index (χ4v) is 4.78. The van der Waals surface area contributed by atoms with Crippen molar-refractivity contribution in [2.45, 2.75) is 12.1 Å². The third-order valence-electron chi connectivity index (χ3n) is 5.76. The summed E-state index contributed by atoms with van der Waals surface area (Å²) in [4.78, 5) is 30.6. The van der Waals surface area contributed by atoms with Crippen LogP contribution in [-0.4, -0.2) is 32.5 Å². The summed E-state index contributed by atoms with van der Waals surface area (Å²) in [5.74, 6) is -0.298. The van der Waals surface area contributed by atoms with Crippen molar-refractivity contribution in [1.29, 1.82) is 0 Å². The van der Waals surface area contributed by atoms with Crippen molar-refractivity contribution in [2.75, 3.05) is 5.75 Å². The van der Waals surface area contributed by atoms with E-state index in [-0.39, 0.29) is 23.0 Å². The fourth-order valence-electron chi connectivity index (χ4n) is 3.99. The van der Waals surface area contributed by atoms with E-state index in [1.165, 1.54) is 6.21 Å². The van der Waals surface area contributed by atoms with Gasteiger partial charge in [-0.15, -0.1) is 0 Å². The summed E-state index contributed by atoms with van der Waals surface area (Å²) in [7, 11) is 0. The molecule has 1 heterocycles. The molecule has 0 aliphatic heterocycles. The summed E-state index contributed by atoms with van der Waals surface area (Å²) >= 11 is 1.16. The second-order valence-electron chi connectivity index (χ2n) is 8.14. The number of rotatable bonds is 6. The number of aryl methyl sites for hydroxylation is 1. The molecule has 0 aliphatic rings. The smallest absolute Gasteiger partial charge is 0.266 e. The van der Waals surface area contributed by atoms with Crippen molar-refractivity contribution in [3.05, 3.63) is 106 Å². The standard InChI is InChI=1S/C28H22N4O3S/c1-18-8-2-7-13-24(18)32-27(35)21-11-5-6-12-23(21)30-28(32)36-17-26(34)31-29-16-22-20-10-4-3-9-19(20)14-15-25(22)33/h2-16,33H,17H2,1H3,(H,31,34)/b29-16+. The van der Waals surface area contributed by atoms with Crippen LogP contribution in [0, 0.1) is 6.92 Å². The summed E-state index contributed by atoms with van der Waals surface area (Å²) in [6.07, 6.45) is 1.43. The number of fused-ring (bicyclic) bond motifs is 2. The molecule has 2 N–H and O–H groups in total. The van der Waals surface area contributed by atoms with E-state index in [1.807, 2.05) is 67.6 Å². The van der Waals surface area contributed by atoms with Gasteiger partial charge in [-0.25, -0.2) is 10.4 Å². The molecule has 5 aromatic rings. The number of aromatic hydroxyl groups is 1. The normalized spacial score (nSPS) is 11.4. The number of hydrogen-bond acceptors (Lipinski definition) is 6. The first-order chi connectivity index (χ1) is 17.5. The predicted molar refractivity (Wildman–Crippen MR) is 144 cm³/mol. The molecule has 0 unspecified atom stereocenters. The van der Waals surface area contributed by atoms with E-state index in [1.54, 1.807) is 28.8 Å². The first-order valence-electron chi connectivity index (χ1n) is 11.3. The van der Waals surface area contributed by atoms with Crippen molar-refractivity contribution < 1.29 is 9.90 Å². The molecule has 4 aromatic carbocycles. The molecule has 0 saturated heterocycles. The molecular formula is C28H22N4O3S. The number of benzene rings is 4. The van der Waals surface area contributed by atoms with Crippen LogP contribution in [0.2, 0.25) is 0 Å². The van der Waals surface area contributed by atoms with E-state index in [4.69, 9.17) is 0 Å². The molecule has 36 heavy (non-hydrogen) atoms. The Morgan fingerprint density at radius 1 is 1.00 bits per heavy atom. The zero-order chi connectivity index (χ0) is 25.1. The van der Waals surface area contributed by atoms with Gasteiger partial charge in [-0.3, -0.25) is 14.2 Å². The lowest BCUT2D eigenvalue weighted by Gasteiger charge is -2.14. The molecular weight excluding hydrogens is 472 g/mol. The second kappa shape index (κ2) is 10.1. The van der Waals surface area contributed by atoms with Gasteiger partial charge in [0.25, 0.3) is 11.5 Å². The maximum atomic E-state index is 13.4. The number of nitrogens with zero attached hydrogens (tertiary/aromatic N) is 3. The Morgan fingerprint density at radius 2 is 1.72 bits per heavy atom. The van der Waals surface area contributed by atoms with E-state index >= 15 is 0 Å². The Bertz CT molecular complexity index is 1690. The fraction of sp³-hybridized carbons (Fsp3) is 0.0714. The number of carbonyl (C=O) groups excluding carboxylic acids is 1. The summed E-state index contributed by atoms with van der Waals surface area (Å²) < 4.78 is 1.55. The number of hydrazone groups is 1. The van der Waals surface area contributed by atoms with Crippen molar-refractivity contribution in [1.82, 2.24) is 15.0 Å². The lowest BCUT2D eigenvalue weighted by Crippen LogP contribution is -2.24. The molecule has 0 spiro atoms. The van der Waals surface area contributed by atoms with Crippen LogP contribution in [0.3, 0.4) is 0 Å². The Hall–Kier alpha value is -4.43. The second-order valence-corrected chi connectivity index (χ2v) is 9.08. The van der Waals surface area contributed by atoms with Gasteiger partial charge in [0.1, 0.15) is 5.75 Å². The number of para-hydroxylation sites is 2. The van der Waals surface area contributed by atoms with Crippen LogP contribution >= 0.6 is 11.8 Å². The Balaban J connectivity index is 1.39. The molecule has 0 bridgehead atoms. The van der Waals surface area contributed by atoms with Gasteiger partial charge in [0.05, 0.1) is 28.6 Å². The van der Waals surface area contributed by atoms with Crippen LogP contribution in [-0.2, 0) is 4.79 Å². The molecule has 1 aromatic heterocycles. The summed E-state index contributed by atoms with van der Waals surface area (Å²) in [5.41, 5.74) is 5.03. The highest BCUT2D eigenvalue weighted by atomic mass is 32.2. The van der Waals surface area contributed by atoms with Crippen LogP contribution in [0.25, 0.3) is 27.4 Å². The predicted octanol–water partition coefficient (Wildman–Crippen LogP) is 4.80. The zero-order valence-corrected chi connectivity index (χ0v) is 20.2. The number of phenols is 1. The lowest BCUT2D eigenvalue weighted by molar-refractivity contribution is -0.118. The van der Waals surface area contributed by atoms with E-state index in [9.17, 15) is 14.7 Å². The van der Waals surface area contributed by atoms with Gasteiger partial charge in [0, 0.05) is 5.56 Å². The molecule has 0 aliphatic carbocycles. The minimum absolute atomic E-state index is 0.00444. The average Bonchev–Trinajstić information content (AvgIpc) is 2.89. The molecule has 0 radical (unpaired) electrons. The third-order valence-corrected chi connectivity index (χ3v) is 6.70. The lowest BCUT2D eigenvalue weighted by atomic mass is 10.0. The van der Waals surface area contributed by atoms with Gasteiger partial charge in [-0.05, 0) is 47.5 Å². The molecule has 0 fully saturated rings. The number of nitrogens with one attached hydrogen (secondary N) is 1. The van der Waals surface area contributed by atoms with Crippen LogP contribution in [0.1, 0.15) is 11.1 Å². The van der Waals surface area contributed by atoms with E-state index in [0.717, 1.165) is 28.1 Å². The molecule has 7 nitrogen and oxygen atoms in total. The van der Waals surface area contributed by atoms with Gasteiger partial charge in [0.2, 0.25) is 0 Å². The highest BCUT2D eigenvalue weighted by Crippen LogP contribution is 2.26. The van der Waals surface area contributed by atoms with Crippen LogP contribution in [0.5, 0.6) is 5.75 Å². The van der Waals surface area contributed by atoms with Crippen LogP contribution in [0.15, 0.2) is 100.0 Å². The molecule has 8 heteroatoms. The SMILES string of the molecule is Cc1ccccc1-n1c(SCC(=O)N/N=C/c2c(O)ccc3ccccc23)nc2ccccc2c1=O. The molecule has 5 rings (SSSR count). The summed E-state index contributed by atoms with van der Waals surface area (Å²) in [6, 6.07) is 25.7. The Morgan fingerprint density at radius 3 is 2.56 bits per heavy atom. The number of phenolic OH excluding ortho intramolecular Hbond substituents is 1. The number of hydrogen-bond donors (Lipinski definition) is 2. The van der Waals surface area contributed by atoms with Crippen LogP contribution < -0.4 is 11.0 Å².